The normalized spacial score (nSPS) is 21.5. The fraction of sp³-hybridized carbons (Fsp3) is 0.304. The van der Waals surface area contributed by atoms with Crippen LogP contribution >= 0.6 is 0 Å². The minimum absolute atomic E-state index is 0.350. The van der Waals surface area contributed by atoms with Gasteiger partial charge < -0.3 is 19.3 Å². The fourth-order valence-corrected chi connectivity index (χ4v) is 4.29. The van der Waals surface area contributed by atoms with Crippen LogP contribution in [-0.2, 0) is 13.1 Å². The fourth-order valence-electron chi connectivity index (χ4n) is 4.29. The minimum atomic E-state index is 0.350. The van der Waals surface area contributed by atoms with E-state index in [0.717, 1.165) is 24.6 Å². The molecule has 0 bridgehead atoms. The Hall–Kier alpha value is -2.56. The Kier molecular flexibility index (Phi) is 4.44. The molecular formula is C23H26N2O2+2. The Morgan fingerprint density at radius 3 is 2.04 bits per heavy atom. The van der Waals surface area contributed by atoms with Crippen LogP contribution in [0.3, 0.4) is 0 Å². The van der Waals surface area contributed by atoms with Crippen LogP contribution in [0.2, 0.25) is 0 Å². The van der Waals surface area contributed by atoms with Gasteiger partial charge in [-0.25, -0.2) is 0 Å². The first-order chi connectivity index (χ1) is 13.3. The van der Waals surface area contributed by atoms with E-state index in [2.05, 4.69) is 54.6 Å². The summed E-state index contributed by atoms with van der Waals surface area (Å²) < 4.78 is 10.9. The molecule has 4 nitrogen and oxygen atoms in total. The van der Waals surface area contributed by atoms with Crippen molar-refractivity contribution in [3.8, 4) is 11.5 Å². The molecule has 3 aromatic carbocycles. The van der Waals surface area contributed by atoms with E-state index < -0.39 is 0 Å². The monoisotopic (exact) mass is 362 g/mol. The van der Waals surface area contributed by atoms with Crippen LogP contribution < -0.4 is 19.3 Å². The lowest BCUT2D eigenvalue weighted by Gasteiger charge is -2.30. The summed E-state index contributed by atoms with van der Waals surface area (Å²) in [5.74, 6) is 1.77. The average molecular weight is 362 g/mol. The smallest absolute Gasteiger partial charge is 0.231 e. The summed E-state index contributed by atoms with van der Waals surface area (Å²) in [6, 6.07) is 21.9. The van der Waals surface area contributed by atoms with E-state index in [1.807, 2.05) is 6.07 Å². The molecule has 0 amide bonds. The predicted molar refractivity (Wildman–Crippen MR) is 105 cm³/mol. The summed E-state index contributed by atoms with van der Waals surface area (Å²) in [5.41, 5.74) is 2.79. The highest BCUT2D eigenvalue weighted by molar-refractivity contribution is 5.82. The van der Waals surface area contributed by atoms with Crippen molar-refractivity contribution in [3.63, 3.8) is 0 Å². The third-order valence-corrected chi connectivity index (χ3v) is 5.82. The highest BCUT2D eigenvalue weighted by atomic mass is 16.7. The van der Waals surface area contributed by atoms with Crippen LogP contribution in [0.15, 0.2) is 60.7 Å². The molecule has 2 heterocycles. The number of piperazine rings is 1. The molecule has 0 spiro atoms. The molecule has 0 unspecified atom stereocenters. The maximum Gasteiger partial charge on any atom is 0.231 e. The number of benzene rings is 3. The van der Waals surface area contributed by atoms with Crippen molar-refractivity contribution in [2.75, 3.05) is 33.0 Å². The number of hydrogen-bond donors (Lipinski definition) is 2. The summed E-state index contributed by atoms with van der Waals surface area (Å²) in [5, 5.41) is 2.68. The predicted octanol–water partition coefficient (Wildman–Crippen LogP) is 1.05. The van der Waals surface area contributed by atoms with Gasteiger partial charge in [0.15, 0.2) is 11.5 Å². The van der Waals surface area contributed by atoms with E-state index in [1.165, 1.54) is 48.1 Å². The first-order valence-corrected chi connectivity index (χ1v) is 9.87. The van der Waals surface area contributed by atoms with Crippen molar-refractivity contribution < 1.29 is 19.3 Å². The number of fused-ring (bicyclic) bond motifs is 2. The molecule has 138 valence electrons. The Balaban J connectivity index is 1.17. The molecular weight excluding hydrogens is 336 g/mol. The SMILES string of the molecule is c1ccc2cc(C[NH+]3CC[NH+](Cc4ccc5c(c4)OCO5)CC3)ccc2c1. The van der Waals surface area contributed by atoms with E-state index in [-0.39, 0.29) is 0 Å². The highest BCUT2D eigenvalue weighted by Gasteiger charge is 2.24. The second-order valence-corrected chi connectivity index (χ2v) is 7.72. The van der Waals surface area contributed by atoms with Crippen molar-refractivity contribution in [2.45, 2.75) is 13.1 Å². The van der Waals surface area contributed by atoms with Gasteiger partial charge in [-0.2, -0.15) is 0 Å². The standard InChI is InChI=1S/C23H24N2O2/c1-2-4-21-13-18(5-7-20(21)3-1)15-24-9-11-25(12-10-24)16-19-6-8-22-23(14-19)27-17-26-22/h1-8,13-14H,9-12,15-17H2/p+2. The Morgan fingerprint density at radius 1 is 0.630 bits per heavy atom. The summed E-state index contributed by atoms with van der Waals surface area (Å²) in [6.07, 6.45) is 0. The molecule has 1 fully saturated rings. The Bertz CT molecular complexity index is 948. The highest BCUT2D eigenvalue weighted by Crippen LogP contribution is 2.32. The molecule has 3 aromatic rings. The molecule has 2 aliphatic rings. The van der Waals surface area contributed by atoms with Gasteiger partial charge in [0.05, 0.1) is 0 Å². The van der Waals surface area contributed by atoms with Gasteiger partial charge in [0.1, 0.15) is 39.3 Å². The Morgan fingerprint density at radius 2 is 1.26 bits per heavy atom. The van der Waals surface area contributed by atoms with Gasteiger partial charge in [-0.3, -0.25) is 0 Å². The summed E-state index contributed by atoms with van der Waals surface area (Å²) >= 11 is 0. The number of quaternary nitrogens is 2. The third-order valence-electron chi connectivity index (χ3n) is 5.82. The molecule has 0 saturated carbocycles. The van der Waals surface area contributed by atoms with Gasteiger partial charge in [-0.1, -0.05) is 36.4 Å². The second kappa shape index (κ2) is 7.22. The number of nitrogens with one attached hydrogen (secondary N) is 2. The van der Waals surface area contributed by atoms with Crippen molar-refractivity contribution >= 4 is 10.8 Å². The van der Waals surface area contributed by atoms with Crippen molar-refractivity contribution in [1.82, 2.24) is 0 Å². The van der Waals surface area contributed by atoms with E-state index in [9.17, 15) is 0 Å². The molecule has 0 radical (unpaired) electrons. The largest absolute Gasteiger partial charge is 0.454 e. The molecule has 0 atom stereocenters. The van der Waals surface area contributed by atoms with Crippen LogP contribution in [0.25, 0.3) is 10.8 Å². The molecule has 4 heteroatoms. The van der Waals surface area contributed by atoms with Crippen molar-refractivity contribution in [1.29, 1.82) is 0 Å². The maximum atomic E-state index is 5.51. The number of hydrogen-bond acceptors (Lipinski definition) is 2. The van der Waals surface area contributed by atoms with Gasteiger partial charge in [-0.15, -0.1) is 0 Å². The second-order valence-electron chi connectivity index (χ2n) is 7.72. The van der Waals surface area contributed by atoms with Crippen LogP contribution in [0, 0.1) is 0 Å². The lowest BCUT2D eigenvalue weighted by Crippen LogP contribution is -3.27. The molecule has 5 rings (SSSR count). The number of ether oxygens (including phenoxy) is 2. The quantitative estimate of drug-likeness (QED) is 0.726. The maximum absolute atomic E-state index is 5.51. The average Bonchev–Trinajstić information content (AvgIpc) is 3.17. The lowest BCUT2D eigenvalue weighted by atomic mass is 10.1. The summed E-state index contributed by atoms with van der Waals surface area (Å²) in [7, 11) is 0. The topological polar surface area (TPSA) is 27.3 Å². The summed E-state index contributed by atoms with van der Waals surface area (Å²) in [4.78, 5) is 3.36. The molecule has 2 aliphatic heterocycles. The van der Waals surface area contributed by atoms with Gasteiger partial charge in [0.25, 0.3) is 0 Å². The van der Waals surface area contributed by atoms with Crippen LogP contribution in [-0.4, -0.2) is 33.0 Å². The van der Waals surface area contributed by atoms with Crippen LogP contribution in [0.4, 0.5) is 0 Å². The van der Waals surface area contributed by atoms with E-state index >= 15 is 0 Å². The Labute approximate surface area is 159 Å². The van der Waals surface area contributed by atoms with Gasteiger partial charge in [0, 0.05) is 11.1 Å². The van der Waals surface area contributed by atoms with Crippen molar-refractivity contribution in [2.24, 2.45) is 0 Å². The van der Waals surface area contributed by atoms with Crippen molar-refractivity contribution in [3.05, 3.63) is 71.8 Å². The van der Waals surface area contributed by atoms with Gasteiger partial charge in [-0.05, 0) is 35.0 Å². The molecule has 0 aromatic heterocycles. The first-order valence-electron chi connectivity index (χ1n) is 9.87. The molecule has 1 saturated heterocycles. The molecule has 27 heavy (non-hydrogen) atoms. The zero-order chi connectivity index (χ0) is 18.1. The summed E-state index contributed by atoms with van der Waals surface area (Å²) in [6.45, 7) is 7.44. The lowest BCUT2D eigenvalue weighted by molar-refractivity contribution is -1.02. The van der Waals surface area contributed by atoms with E-state index in [4.69, 9.17) is 9.47 Å². The van der Waals surface area contributed by atoms with Gasteiger partial charge >= 0.3 is 0 Å². The van der Waals surface area contributed by atoms with Gasteiger partial charge in [0.2, 0.25) is 6.79 Å². The first kappa shape index (κ1) is 16.6. The zero-order valence-corrected chi connectivity index (χ0v) is 15.5. The van der Waals surface area contributed by atoms with Crippen LogP contribution in [0.5, 0.6) is 11.5 Å². The van der Waals surface area contributed by atoms with Crippen LogP contribution in [0.1, 0.15) is 11.1 Å². The minimum Gasteiger partial charge on any atom is -0.454 e. The number of rotatable bonds is 4. The van der Waals surface area contributed by atoms with E-state index in [0.29, 0.717) is 6.79 Å². The van der Waals surface area contributed by atoms with E-state index in [1.54, 1.807) is 9.80 Å². The molecule has 2 N–H and O–H groups in total. The molecule has 0 aliphatic carbocycles. The zero-order valence-electron chi connectivity index (χ0n) is 15.5. The third kappa shape index (κ3) is 3.64.